The van der Waals surface area contributed by atoms with Gasteiger partial charge in [-0.25, -0.2) is 0 Å². The van der Waals surface area contributed by atoms with Gasteiger partial charge in [0.2, 0.25) is 0 Å². The van der Waals surface area contributed by atoms with Crippen LogP contribution in [0.2, 0.25) is 0 Å². The van der Waals surface area contributed by atoms with Crippen molar-refractivity contribution in [2.75, 3.05) is 13.2 Å². The first-order valence-electron chi connectivity index (χ1n) is 5.90. The molecule has 104 valence electrons. The van der Waals surface area contributed by atoms with Gasteiger partial charge in [-0.3, -0.25) is 20.2 Å². The van der Waals surface area contributed by atoms with Gasteiger partial charge in [-0.15, -0.1) is 0 Å². The van der Waals surface area contributed by atoms with Crippen LogP contribution in [-0.4, -0.2) is 35.3 Å². The van der Waals surface area contributed by atoms with Gasteiger partial charge in [0.1, 0.15) is 6.04 Å². The maximum atomic E-state index is 11.2. The number of carboxylic acids is 1. The van der Waals surface area contributed by atoms with Gasteiger partial charge < -0.3 is 9.84 Å². The van der Waals surface area contributed by atoms with E-state index in [9.17, 15) is 20.0 Å². The summed E-state index contributed by atoms with van der Waals surface area (Å²) in [6, 6.07) is 1.87. The number of thiophene rings is 1. The lowest BCUT2D eigenvalue weighted by Gasteiger charge is -2.15. The van der Waals surface area contributed by atoms with Crippen LogP contribution in [0.15, 0.2) is 12.1 Å². The zero-order chi connectivity index (χ0) is 13.8. The second kappa shape index (κ2) is 6.09. The lowest BCUT2D eigenvalue weighted by molar-refractivity contribution is -0.380. The molecule has 1 saturated heterocycles. The van der Waals surface area contributed by atoms with Gasteiger partial charge in [0.25, 0.3) is 0 Å². The van der Waals surface area contributed by atoms with Crippen LogP contribution >= 0.6 is 11.3 Å². The van der Waals surface area contributed by atoms with Crippen LogP contribution in [0.1, 0.15) is 23.8 Å². The summed E-state index contributed by atoms with van der Waals surface area (Å²) >= 11 is 0.877. The summed E-state index contributed by atoms with van der Waals surface area (Å²) in [4.78, 5) is 21.7. The molecule has 1 aliphatic heterocycles. The fraction of sp³-hybridized carbons (Fsp3) is 0.545. The van der Waals surface area contributed by atoms with Crippen LogP contribution in [0.3, 0.4) is 0 Å². The molecule has 0 aliphatic carbocycles. The number of ether oxygens (including phenoxy) is 1. The van der Waals surface area contributed by atoms with Crippen molar-refractivity contribution in [1.29, 1.82) is 0 Å². The number of hydrogen-bond acceptors (Lipinski definition) is 6. The standard InChI is InChI=1S/C11H14N2O5S/c14-11(15)10(12-6-7-2-1-5-18-7)8-3-4-9(19-8)13(16)17/h3-4,7,10,12H,1-2,5-6H2,(H,14,15). The largest absolute Gasteiger partial charge is 0.480 e. The van der Waals surface area contributed by atoms with E-state index in [2.05, 4.69) is 5.32 Å². The van der Waals surface area contributed by atoms with E-state index >= 15 is 0 Å². The average molecular weight is 286 g/mol. The zero-order valence-corrected chi connectivity index (χ0v) is 10.9. The third-order valence-electron chi connectivity index (χ3n) is 2.90. The number of hydrogen-bond donors (Lipinski definition) is 2. The zero-order valence-electron chi connectivity index (χ0n) is 10.1. The van der Waals surface area contributed by atoms with E-state index in [0.29, 0.717) is 18.0 Å². The fourth-order valence-electron chi connectivity index (χ4n) is 1.96. The highest BCUT2D eigenvalue weighted by molar-refractivity contribution is 7.15. The maximum Gasteiger partial charge on any atom is 0.326 e. The quantitative estimate of drug-likeness (QED) is 0.607. The molecule has 2 N–H and O–H groups in total. The summed E-state index contributed by atoms with van der Waals surface area (Å²) in [5.41, 5.74) is 0. The smallest absolute Gasteiger partial charge is 0.326 e. The predicted octanol–water partition coefficient (Wildman–Crippen LogP) is 1.55. The highest BCUT2D eigenvalue weighted by atomic mass is 32.1. The van der Waals surface area contributed by atoms with Crippen molar-refractivity contribution in [2.45, 2.75) is 25.0 Å². The van der Waals surface area contributed by atoms with E-state index in [1.165, 1.54) is 12.1 Å². The molecule has 19 heavy (non-hydrogen) atoms. The molecule has 7 nitrogen and oxygen atoms in total. The van der Waals surface area contributed by atoms with Gasteiger partial charge in [0.05, 0.1) is 11.0 Å². The van der Waals surface area contributed by atoms with Gasteiger partial charge in [0, 0.05) is 24.1 Å². The Labute approximate surface area is 113 Å². The van der Waals surface area contributed by atoms with Crippen molar-refractivity contribution in [2.24, 2.45) is 0 Å². The first-order chi connectivity index (χ1) is 9.08. The number of nitrogens with zero attached hydrogens (tertiary/aromatic N) is 1. The lowest BCUT2D eigenvalue weighted by Crippen LogP contribution is -2.33. The Hall–Kier alpha value is -1.51. The first kappa shape index (κ1) is 13.9. The maximum absolute atomic E-state index is 11.2. The van der Waals surface area contributed by atoms with Crippen LogP contribution in [0.5, 0.6) is 0 Å². The van der Waals surface area contributed by atoms with Crippen LogP contribution in [0, 0.1) is 10.1 Å². The van der Waals surface area contributed by atoms with Crippen LogP contribution in [0.25, 0.3) is 0 Å². The molecule has 1 aromatic rings. The van der Waals surface area contributed by atoms with E-state index in [0.717, 1.165) is 24.2 Å². The molecule has 1 aliphatic rings. The van der Waals surface area contributed by atoms with Crippen molar-refractivity contribution in [3.63, 3.8) is 0 Å². The topological polar surface area (TPSA) is 102 Å². The fourth-order valence-corrected chi connectivity index (χ4v) is 2.85. The molecule has 2 atom stereocenters. The minimum absolute atomic E-state index is 0.0248. The Morgan fingerprint density at radius 3 is 3.00 bits per heavy atom. The Morgan fingerprint density at radius 2 is 2.47 bits per heavy atom. The van der Waals surface area contributed by atoms with Crippen LogP contribution in [-0.2, 0) is 9.53 Å². The molecule has 0 radical (unpaired) electrons. The molecule has 0 bridgehead atoms. The molecule has 0 amide bonds. The van der Waals surface area contributed by atoms with Crippen molar-refractivity contribution in [3.05, 3.63) is 27.1 Å². The highest BCUT2D eigenvalue weighted by Gasteiger charge is 2.25. The van der Waals surface area contributed by atoms with Gasteiger partial charge in [-0.05, 0) is 18.9 Å². The minimum atomic E-state index is -1.05. The van der Waals surface area contributed by atoms with E-state index in [4.69, 9.17) is 4.74 Å². The SMILES string of the molecule is O=C(O)C(NCC1CCCO1)c1ccc([N+](=O)[O-])s1. The molecule has 2 heterocycles. The minimum Gasteiger partial charge on any atom is -0.480 e. The first-order valence-corrected chi connectivity index (χ1v) is 6.71. The van der Waals surface area contributed by atoms with E-state index in [1.54, 1.807) is 0 Å². The highest BCUT2D eigenvalue weighted by Crippen LogP contribution is 2.29. The van der Waals surface area contributed by atoms with E-state index in [1.807, 2.05) is 0 Å². The Kier molecular flexibility index (Phi) is 4.46. The van der Waals surface area contributed by atoms with E-state index < -0.39 is 16.9 Å². The Morgan fingerprint density at radius 1 is 1.68 bits per heavy atom. The molecule has 1 aromatic heterocycles. The Bertz CT molecular complexity index is 469. The average Bonchev–Trinajstić information content (AvgIpc) is 2.98. The molecule has 0 spiro atoms. The summed E-state index contributed by atoms with van der Waals surface area (Å²) < 4.78 is 5.40. The molecule has 0 aromatic carbocycles. The lowest BCUT2D eigenvalue weighted by atomic mass is 10.2. The number of nitrogens with one attached hydrogen (secondary N) is 1. The monoisotopic (exact) mass is 286 g/mol. The van der Waals surface area contributed by atoms with Gasteiger partial charge >= 0.3 is 11.0 Å². The summed E-state index contributed by atoms with van der Waals surface area (Å²) in [7, 11) is 0. The molecule has 8 heteroatoms. The number of carbonyl (C=O) groups is 1. The summed E-state index contributed by atoms with van der Waals surface area (Å²) in [5.74, 6) is -1.05. The molecular weight excluding hydrogens is 272 g/mol. The van der Waals surface area contributed by atoms with Crippen molar-refractivity contribution < 1.29 is 19.6 Å². The number of rotatable bonds is 6. The van der Waals surface area contributed by atoms with E-state index in [-0.39, 0.29) is 11.1 Å². The number of carboxylic acid groups (broad SMARTS) is 1. The van der Waals surface area contributed by atoms with Crippen molar-refractivity contribution in [1.82, 2.24) is 5.32 Å². The number of aliphatic carboxylic acids is 1. The van der Waals surface area contributed by atoms with Crippen LogP contribution in [0.4, 0.5) is 5.00 Å². The summed E-state index contributed by atoms with van der Waals surface area (Å²) in [6.07, 6.45) is 1.91. The molecule has 0 saturated carbocycles. The summed E-state index contributed by atoms with van der Waals surface area (Å²) in [6.45, 7) is 1.14. The number of nitro groups is 1. The van der Waals surface area contributed by atoms with Gasteiger partial charge in [-0.1, -0.05) is 11.3 Å². The van der Waals surface area contributed by atoms with Gasteiger partial charge in [-0.2, -0.15) is 0 Å². The second-order valence-electron chi connectivity index (χ2n) is 4.25. The third kappa shape index (κ3) is 3.49. The summed E-state index contributed by atoms with van der Waals surface area (Å²) in [5, 5.41) is 22.6. The molecule has 2 rings (SSSR count). The molecular formula is C11H14N2O5S. The molecule has 1 fully saturated rings. The predicted molar refractivity (Wildman–Crippen MR) is 68.3 cm³/mol. The third-order valence-corrected chi connectivity index (χ3v) is 4.00. The Balaban J connectivity index is 2.01. The molecule has 2 unspecified atom stereocenters. The van der Waals surface area contributed by atoms with Crippen molar-refractivity contribution in [3.8, 4) is 0 Å². The normalized spacial score (nSPS) is 20.3. The van der Waals surface area contributed by atoms with Gasteiger partial charge in [0.15, 0.2) is 0 Å². The van der Waals surface area contributed by atoms with Crippen molar-refractivity contribution >= 4 is 22.3 Å². The van der Waals surface area contributed by atoms with Crippen LogP contribution < -0.4 is 5.32 Å². The second-order valence-corrected chi connectivity index (χ2v) is 5.34.